The summed E-state index contributed by atoms with van der Waals surface area (Å²) in [5.41, 5.74) is 6.87. The molecule has 0 unspecified atom stereocenters. The van der Waals surface area contributed by atoms with E-state index in [-0.39, 0.29) is 5.91 Å². The van der Waals surface area contributed by atoms with Crippen molar-refractivity contribution in [3.05, 3.63) is 29.0 Å². The van der Waals surface area contributed by atoms with Crippen molar-refractivity contribution in [3.63, 3.8) is 0 Å². The van der Waals surface area contributed by atoms with E-state index in [9.17, 15) is 4.79 Å². The molecular weight excluding hydrogens is 282 g/mol. The second kappa shape index (κ2) is 6.48. The number of hydrogen-bond acceptors (Lipinski definition) is 7. The van der Waals surface area contributed by atoms with Gasteiger partial charge in [-0.25, -0.2) is 15.0 Å². The number of aromatic nitrogens is 3. The van der Waals surface area contributed by atoms with Gasteiger partial charge >= 0.3 is 0 Å². The number of nitrogens with one attached hydrogen (secondary N) is 1. The lowest BCUT2D eigenvalue weighted by Crippen LogP contribution is -2.26. The number of rotatable bonds is 5. The van der Waals surface area contributed by atoms with Gasteiger partial charge in [0.2, 0.25) is 0 Å². The van der Waals surface area contributed by atoms with Gasteiger partial charge in [0.05, 0.1) is 11.3 Å². The van der Waals surface area contributed by atoms with Crippen LogP contribution in [0.25, 0.3) is 0 Å². The van der Waals surface area contributed by atoms with Gasteiger partial charge in [0, 0.05) is 30.7 Å². The SMILES string of the molecule is CSc1ncc(C(=O)NCCc2csc(N)n2)cn1. The maximum atomic E-state index is 11.8. The van der Waals surface area contributed by atoms with Crippen molar-refractivity contribution in [2.24, 2.45) is 0 Å². The Balaban J connectivity index is 1.83. The van der Waals surface area contributed by atoms with E-state index in [2.05, 4.69) is 20.3 Å². The summed E-state index contributed by atoms with van der Waals surface area (Å²) >= 11 is 2.83. The summed E-state index contributed by atoms with van der Waals surface area (Å²) < 4.78 is 0. The van der Waals surface area contributed by atoms with Crippen LogP contribution in [-0.4, -0.2) is 33.7 Å². The normalized spacial score (nSPS) is 10.4. The van der Waals surface area contributed by atoms with Crippen molar-refractivity contribution >= 4 is 34.1 Å². The van der Waals surface area contributed by atoms with Crippen LogP contribution in [-0.2, 0) is 6.42 Å². The summed E-state index contributed by atoms with van der Waals surface area (Å²) in [4.78, 5) is 24.0. The molecule has 0 radical (unpaired) electrons. The Labute approximate surface area is 118 Å². The average Bonchev–Trinajstić information content (AvgIpc) is 2.84. The smallest absolute Gasteiger partial charge is 0.254 e. The first-order valence-electron chi connectivity index (χ1n) is 5.53. The van der Waals surface area contributed by atoms with Crippen molar-refractivity contribution in [1.82, 2.24) is 20.3 Å². The van der Waals surface area contributed by atoms with Gasteiger partial charge in [-0.15, -0.1) is 11.3 Å². The Kier molecular flexibility index (Phi) is 4.69. The Morgan fingerprint density at radius 1 is 1.47 bits per heavy atom. The largest absolute Gasteiger partial charge is 0.375 e. The zero-order valence-corrected chi connectivity index (χ0v) is 11.9. The lowest BCUT2D eigenvalue weighted by atomic mass is 10.3. The quantitative estimate of drug-likeness (QED) is 0.636. The number of thiazole rings is 1. The number of nitrogens with zero attached hydrogens (tertiary/aromatic N) is 3. The molecule has 0 atom stereocenters. The molecule has 6 nitrogen and oxygen atoms in total. The predicted octanol–water partition coefficient (Wildman–Crippen LogP) is 1.21. The third kappa shape index (κ3) is 3.90. The standard InChI is InChI=1S/C11H13N5OS2/c1-18-11-14-4-7(5-15-11)9(17)13-3-2-8-6-19-10(12)16-8/h4-6H,2-3H2,1H3,(H2,12,16)(H,13,17). The van der Waals surface area contributed by atoms with Gasteiger partial charge in [-0.05, 0) is 6.26 Å². The Hall–Kier alpha value is -1.67. The lowest BCUT2D eigenvalue weighted by molar-refractivity contribution is 0.0953. The number of anilines is 1. The van der Waals surface area contributed by atoms with Crippen molar-refractivity contribution in [1.29, 1.82) is 0 Å². The number of carbonyl (C=O) groups is 1. The molecule has 19 heavy (non-hydrogen) atoms. The maximum Gasteiger partial charge on any atom is 0.254 e. The van der Waals surface area contributed by atoms with Crippen LogP contribution >= 0.6 is 23.1 Å². The van der Waals surface area contributed by atoms with E-state index >= 15 is 0 Å². The Morgan fingerprint density at radius 2 is 2.21 bits per heavy atom. The molecule has 0 saturated heterocycles. The van der Waals surface area contributed by atoms with E-state index in [1.165, 1.54) is 35.5 Å². The number of hydrogen-bond donors (Lipinski definition) is 2. The first-order chi connectivity index (χ1) is 9.19. The number of nitrogen functional groups attached to an aromatic ring is 1. The Bertz CT molecular complexity index is 554. The summed E-state index contributed by atoms with van der Waals surface area (Å²) in [5, 5.41) is 5.87. The lowest BCUT2D eigenvalue weighted by Gasteiger charge is -2.03. The van der Waals surface area contributed by atoms with E-state index in [1.807, 2.05) is 11.6 Å². The summed E-state index contributed by atoms with van der Waals surface area (Å²) in [5.74, 6) is -0.184. The number of nitrogens with two attached hydrogens (primary N) is 1. The maximum absolute atomic E-state index is 11.8. The van der Waals surface area contributed by atoms with E-state index in [1.54, 1.807) is 0 Å². The van der Waals surface area contributed by atoms with Crippen LogP contribution in [0, 0.1) is 0 Å². The molecule has 2 heterocycles. The first-order valence-corrected chi connectivity index (χ1v) is 7.63. The van der Waals surface area contributed by atoms with Gasteiger partial charge in [-0.3, -0.25) is 4.79 Å². The van der Waals surface area contributed by atoms with Crippen molar-refractivity contribution < 1.29 is 4.79 Å². The topological polar surface area (TPSA) is 93.8 Å². The van der Waals surface area contributed by atoms with Gasteiger partial charge in [-0.2, -0.15) is 0 Å². The third-order valence-corrected chi connectivity index (χ3v) is 3.61. The molecule has 8 heteroatoms. The summed E-state index contributed by atoms with van der Waals surface area (Å²) in [7, 11) is 0. The molecule has 0 aliphatic rings. The number of thioether (sulfide) groups is 1. The van der Waals surface area contributed by atoms with Gasteiger partial charge < -0.3 is 11.1 Å². The molecule has 0 bridgehead atoms. The fourth-order valence-electron chi connectivity index (χ4n) is 1.38. The highest BCUT2D eigenvalue weighted by molar-refractivity contribution is 7.98. The van der Waals surface area contributed by atoms with E-state index in [0.717, 1.165) is 5.69 Å². The van der Waals surface area contributed by atoms with Gasteiger partial charge in [0.1, 0.15) is 0 Å². The van der Waals surface area contributed by atoms with Gasteiger partial charge in [0.25, 0.3) is 5.91 Å². The van der Waals surface area contributed by atoms with Crippen LogP contribution in [0.2, 0.25) is 0 Å². The fourth-order valence-corrected chi connectivity index (χ4v) is 2.30. The highest BCUT2D eigenvalue weighted by Gasteiger charge is 2.07. The zero-order valence-electron chi connectivity index (χ0n) is 10.3. The minimum Gasteiger partial charge on any atom is -0.375 e. The van der Waals surface area contributed by atoms with Crippen LogP contribution in [0.15, 0.2) is 22.9 Å². The fraction of sp³-hybridized carbons (Fsp3) is 0.273. The van der Waals surface area contributed by atoms with Gasteiger partial charge in [-0.1, -0.05) is 11.8 Å². The molecule has 0 fully saturated rings. The first kappa shape index (κ1) is 13.8. The third-order valence-electron chi connectivity index (χ3n) is 2.31. The molecule has 2 aromatic heterocycles. The summed E-state index contributed by atoms with van der Waals surface area (Å²) in [6, 6.07) is 0. The van der Waals surface area contributed by atoms with Crippen molar-refractivity contribution in [2.75, 3.05) is 18.5 Å². The van der Waals surface area contributed by atoms with E-state index < -0.39 is 0 Å². The molecule has 0 aromatic carbocycles. The van der Waals surface area contributed by atoms with Crippen LogP contribution < -0.4 is 11.1 Å². The Morgan fingerprint density at radius 3 is 2.79 bits per heavy atom. The van der Waals surface area contributed by atoms with Crippen LogP contribution in [0.3, 0.4) is 0 Å². The summed E-state index contributed by atoms with van der Waals surface area (Å²) in [6.45, 7) is 0.506. The van der Waals surface area contributed by atoms with Crippen LogP contribution in [0.4, 0.5) is 5.13 Å². The number of carbonyl (C=O) groups excluding carboxylic acids is 1. The summed E-state index contributed by atoms with van der Waals surface area (Å²) in [6.07, 6.45) is 5.59. The molecule has 0 spiro atoms. The predicted molar refractivity (Wildman–Crippen MR) is 76.4 cm³/mol. The second-order valence-electron chi connectivity index (χ2n) is 3.64. The van der Waals surface area contributed by atoms with Crippen molar-refractivity contribution in [3.8, 4) is 0 Å². The van der Waals surface area contributed by atoms with E-state index in [4.69, 9.17) is 5.73 Å². The highest BCUT2D eigenvalue weighted by Crippen LogP contribution is 2.11. The molecule has 2 aromatic rings. The molecule has 0 saturated carbocycles. The molecule has 2 rings (SSSR count). The molecular formula is C11H13N5OS2. The van der Waals surface area contributed by atoms with Crippen molar-refractivity contribution in [2.45, 2.75) is 11.6 Å². The minimum absolute atomic E-state index is 0.184. The molecule has 3 N–H and O–H groups in total. The molecule has 100 valence electrons. The van der Waals surface area contributed by atoms with E-state index in [0.29, 0.717) is 28.8 Å². The molecule has 0 aliphatic carbocycles. The molecule has 1 amide bonds. The number of amides is 1. The monoisotopic (exact) mass is 295 g/mol. The molecule has 0 aliphatic heterocycles. The second-order valence-corrected chi connectivity index (χ2v) is 5.30. The highest BCUT2D eigenvalue weighted by atomic mass is 32.2. The minimum atomic E-state index is -0.184. The zero-order chi connectivity index (χ0) is 13.7. The van der Waals surface area contributed by atoms with Crippen LogP contribution in [0.1, 0.15) is 16.1 Å². The van der Waals surface area contributed by atoms with Crippen LogP contribution in [0.5, 0.6) is 0 Å². The average molecular weight is 295 g/mol. The van der Waals surface area contributed by atoms with Gasteiger partial charge in [0.15, 0.2) is 10.3 Å².